The molecule has 5 nitrogen and oxygen atoms in total. The van der Waals surface area contributed by atoms with Gasteiger partial charge in [-0.05, 0) is 45.0 Å². The molecule has 1 aliphatic rings. The first-order valence-corrected chi connectivity index (χ1v) is 7.96. The lowest BCUT2D eigenvalue weighted by molar-refractivity contribution is 0.114. The van der Waals surface area contributed by atoms with Crippen LogP contribution in [0.1, 0.15) is 29.9 Å². The molecule has 1 saturated heterocycles. The Balaban J connectivity index is 1.90. The highest BCUT2D eigenvalue weighted by Crippen LogP contribution is 2.23. The van der Waals surface area contributed by atoms with Gasteiger partial charge in [-0.25, -0.2) is 9.67 Å². The second-order valence-corrected chi connectivity index (χ2v) is 6.34. The lowest BCUT2D eigenvalue weighted by Crippen LogP contribution is -2.45. The van der Waals surface area contributed by atoms with Gasteiger partial charge in [0.05, 0.1) is 11.7 Å². The fourth-order valence-electron chi connectivity index (χ4n) is 3.04. The number of hydrogen-bond donors (Lipinski definition) is 0. The molecule has 0 aliphatic carbocycles. The summed E-state index contributed by atoms with van der Waals surface area (Å²) in [6.07, 6.45) is 1.67. The molecular formula is C17H25N5. The average Bonchev–Trinajstić information content (AvgIpc) is 2.99. The molecule has 118 valence electrons. The third kappa shape index (κ3) is 2.91. The third-order valence-corrected chi connectivity index (χ3v) is 4.63. The number of likely N-dealkylation sites (N-methyl/N-ethyl adjacent to an activating group) is 1. The van der Waals surface area contributed by atoms with Crippen molar-refractivity contribution in [3.8, 4) is 5.69 Å². The predicted molar refractivity (Wildman–Crippen MR) is 88.3 cm³/mol. The summed E-state index contributed by atoms with van der Waals surface area (Å²) in [6, 6.07) is 6.75. The lowest BCUT2D eigenvalue weighted by Gasteiger charge is -2.36. The molecule has 1 fully saturated rings. The van der Waals surface area contributed by atoms with Gasteiger partial charge in [0.1, 0.15) is 12.2 Å². The zero-order valence-electron chi connectivity index (χ0n) is 14.0. The van der Waals surface area contributed by atoms with E-state index in [1.165, 1.54) is 11.1 Å². The fourth-order valence-corrected chi connectivity index (χ4v) is 3.04. The zero-order chi connectivity index (χ0) is 15.7. The molecule has 0 bridgehead atoms. The van der Waals surface area contributed by atoms with Gasteiger partial charge in [-0.1, -0.05) is 12.1 Å². The molecule has 1 aliphatic heterocycles. The summed E-state index contributed by atoms with van der Waals surface area (Å²) < 4.78 is 2.01. The number of hydrogen-bond acceptors (Lipinski definition) is 4. The van der Waals surface area contributed by atoms with E-state index in [0.717, 1.165) is 37.7 Å². The minimum Gasteiger partial charge on any atom is -0.304 e. The minimum absolute atomic E-state index is 0.274. The largest absolute Gasteiger partial charge is 0.304 e. The number of aromatic nitrogens is 3. The molecule has 0 N–H and O–H groups in total. The van der Waals surface area contributed by atoms with E-state index in [0.29, 0.717) is 0 Å². The Kier molecular flexibility index (Phi) is 4.27. The van der Waals surface area contributed by atoms with Crippen molar-refractivity contribution in [3.63, 3.8) is 0 Å². The van der Waals surface area contributed by atoms with E-state index in [1.807, 2.05) is 4.68 Å². The standard InChI is InChI=1S/C17H25N5/c1-13-5-6-14(2)16(11-13)22-17(18-12-19-22)15(3)21-9-7-20(4)8-10-21/h5-6,11-12,15H,7-10H2,1-4H3. The Morgan fingerprint density at radius 2 is 1.82 bits per heavy atom. The molecule has 22 heavy (non-hydrogen) atoms. The summed E-state index contributed by atoms with van der Waals surface area (Å²) in [7, 11) is 2.18. The van der Waals surface area contributed by atoms with Crippen LogP contribution in [0.3, 0.4) is 0 Å². The summed E-state index contributed by atoms with van der Waals surface area (Å²) in [5.41, 5.74) is 3.60. The highest BCUT2D eigenvalue weighted by atomic mass is 15.4. The van der Waals surface area contributed by atoms with Gasteiger partial charge >= 0.3 is 0 Å². The molecule has 2 heterocycles. The zero-order valence-corrected chi connectivity index (χ0v) is 14.0. The molecule has 0 saturated carbocycles. The van der Waals surface area contributed by atoms with E-state index >= 15 is 0 Å². The second-order valence-electron chi connectivity index (χ2n) is 6.34. The van der Waals surface area contributed by atoms with Crippen LogP contribution in [0.15, 0.2) is 24.5 Å². The first-order chi connectivity index (χ1) is 10.6. The summed E-state index contributed by atoms with van der Waals surface area (Å²) in [5, 5.41) is 4.49. The molecule has 0 spiro atoms. The normalized spacial score (nSPS) is 18.5. The van der Waals surface area contributed by atoms with Crippen molar-refractivity contribution in [1.82, 2.24) is 24.6 Å². The lowest BCUT2D eigenvalue weighted by atomic mass is 10.1. The first-order valence-electron chi connectivity index (χ1n) is 7.96. The summed E-state index contributed by atoms with van der Waals surface area (Å²) >= 11 is 0. The van der Waals surface area contributed by atoms with Gasteiger partial charge in [-0.3, -0.25) is 4.90 Å². The summed E-state index contributed by atoms with van der Waals surface area (Å²) in [5.74, 6) is 1.03. The highest BCUT2D eigenvalue weighted by Gasteiger charge is 2.24. The predicted octanol–water partition coefficient (Wildman–Crippen LogP) is 2.19. The van der Waals surface area contributed by atoms with E-state index in [4.69, 9.17) is 0 Å². The van der Waals surface area contributed by atoms with Crippen LogP contribution in [0.4, 0.5) is 0 Å². The Morgan fingerprint density at radius 3 is 2.55 bits per heavy atom. The van der Waals surface area contributed by atoms with Crippen LogP contribution < -0.4 is 0 Å². The molecule has 5 heteroatoms. The van der Waals surface area contributed by atoms with Crippen molar-refractivity contribution in [2.45, 2.75) is 26.8 Å². The van der Waals surface area contributed by atoms with Gasteiger partial charge in [-0.15, -0.1) is 0 Å². The van der Waals surface area contributed by atoms with Crippen LogP contribution in [0.25, 0.3) is 5.69 Å². The minimum atomic E-state index is 0.274. The van der Waals surface area contributed by atoms with Crippen LogP contribution in [-0.2, 0) is 0 Å². The molecule has 1 unspecified atom stereocenters. The van der Waals surface area contributed by atoms with Gasteiger partial charge in [0.2, 0.25) is 0 Å². The molecular weight excluding hydrogens is 274 g/mol. The van der Waals surface area contributed by atoms with Gasteiger partial charge in [-0.2, -0.15) is 5.10 Å². The van der Waals surface area contributed by atoms with E-state index in [9.17, 15) is 0 Å². The van der Waals surface area contributed by atoms with Gasteiger partial charge < -0.3 is 4.90 Å². The van der Waals surface area contributed by atoms with E-state index in [-0.39, 0.29) is 6.04 Å². The first kappa shape index (κ1) is 15.2. The average molecular weight is 299 g/mol. The van der Waals surface area contributed by atoms with Crippen molar-refractivity contribution in [2.24, 2.45) is 0 Å². The van der Waals surface area contributed by atoms with Crippen LogP contribution in [0, 0.1) is 13.8 Å². The topological polar surface area (TPSA) is 37.2 Å². The summed E-state index contributed by atoms with van der Waals surface area (Å²) in [4.78, 5) is 9.42. The second kappa shape index (κ2) is 6.18. The maximum absolute atomic E-state index is 4.55. The maximum Gasteiger partial charge on any atom is 0.149 e. The monoisotopic (exact) mass is 299 g/mol. The molecule has 0 radical (unpaired) electrons. The number of rotatable bonds is 3. The van der Waals surface area contributed by atoms with Crippen molar-refractivity contribution in [3.05, 3.63) is 41.5 Å². The molecule has 1 aromatic heterocycles. The smallest absolute Gasteiger partial charge is 0.149 e. The molecule has 3 rings (SSSR count). The number of piperazine rings is 1. The fraction of sp³-hybridized carbons (Fsp3) is 0.529. The Labute approximate surface area is 132 Å². The van der Waals surface area contributed by atoms with Crippen LogP contribution in [-0.4, -0.2) is 57.8 Å². The molecule has 1 atom stereocenters. The SMILES string of the molecule is Cc1ccc(C)c(-n2ncnc2C(C)N2CCN(C)CC2)c1. The molecule has 0 amide bonds. The van der Waals surface area contributed by atoms with E-state index < -0.39 is 0 Å². The van der Waals surface area contributed by atoms with Crippen molar-refractivity contribution >= 4 is 0 Å². The van der Waals surface area contributed by atoms with Crippen LogP contribution in [0.5, 0.6) is 0 Å². The number of nitrogens with zero attached hydrogens (tertiary/aromatic N) is 5. The van der Waals surface area contributed by atoms with E-state index in [1.54, 1.807) is 6.33 Å². The third-order valence-electron chi connectivity index (χ3n) is 4.63. The van der Waals surface area contributed by atoms with Gasteiger partial charge in [0, 0.05) is 26.2 Å². The van der Waals surface area contributed by atoms with E-state index in [2.05, 4.69) is 65.9 Å². The Bertz CT molecular complexity index is 640. The van der Waals surface area contributed by atoms with Crippen LogP contribution >= 0.6 is 0 Å². The maximum atomic E-state index is 4.55. The molecule has 2 aromatic rings. The quantitative estimate of drug-likeness (QED) is 0.870. The number of benzene rings is 1. The Morgan fingerprint density at radius 1 is 1.09 bits per heavy atom. The summed E-state index contributed by atoms with van der Waals surface area (Å²) in [6.45, 7) is 10.9. The Hall–Kier alpha value is -1.72. The van der Waals surface area contributed by atoms with Gasteiger partial charge in [0.15, 0.2) is 0 Å². The van der Waals surface area contributed by atoms with Crippen molar-refractivity contribution < 1.29 is 0 Å². The van der Waals surface area contributed by atoms with Crippen molar-refractivity contribution in [2.75, 3.05) is 33.2 Å². The molecule has 1 aromatic carbocycles. The van der Waals surface area contributed by atoms with Crippen molar-refractivity contribution in [1.29, 1.82) is 0 Å². The van der Waals surface area contributed by atoms with Gasteiger partial charge in [0.25, 0.3) is 0 Å². The highest BCUT2D eigenvalue weighted by molar-refractivity contribution is 5.43. The van der Waals surface area contributed by atoms with Crippen LogP contribution in [0.2, 0.25) is 0 Å². The number of aryl methyl sites for hydroxylation is 2.